The van der Waals surface area contributed by atoms with Gasteiger partial charge in [0.25, 0.3) is 0 Å². The van der Waals surface area contributed by atoms with E-state index in [0.717, 1.165) is 38.8 Å². The summed E-state index contributed by atoms with van der Waals surface area (Å²) in [7, 11) is -3.20. The van der Waals surface area contributed by atoms with Crippen LogP contribution in [0.25, 0.3) is 0 Å². The highest BCUT2D eigenvalue weighted by Crippen LogP contribution is 2.15. The van der Waals surface area contributed by atoms with Gasteiger partial charge in [0, 0.05) is 19.2 Å². The molecule has 0 spiro atoms. The average molecular weight is 285 g/mol. The molecule has 0 aromatic carbocycles. The molecule has 7 heteroatoms. The Hall–Kier alpha value is 0.120. The van der Waals surface area contributed by atoms with Crippen molar-refractivity contribution in [2.24, 2.45) is 0 Å². The van der Waals surface area contributed by atoms with Crippen molar-refractivity contribution >= 4 is 22.4 Å². The summed E-state index contributed by atoms with van der Waals surface area (Å²) in [5.41, 5.74) is 0. The highest BCUT2D eigenvalue weighted by Gasteiger charge is 2.30. The molecule has 0 aromatic rings. The predicted octanol–water partition coefficient (Wildman–Crippen LogP) is 0.259. The van der Waals surface area contributed by atoms with E-state index in [-0.39, 0.29) is 23.7 Å². The Bertz CT molecular complexity index is 312. The van der Waals surface area contributed by atoms with E-state index in [1.165, 1.54) is 0 Å². The molecule has 0 amide bonds. The van der Waals surface area contributed by atoms with Crippen molar-refractivity contribution in [3.05, 3.63) is 0 Å². The average Bonchev–Trinajstić information content (AvgIpc) is 2.31. The number of nitrogens with one attached hydrogen (secondary N) is 2. The third-order valence-corrected chi connectivity index (χ3v) is 5.10. The molecule has 2 heterocycles. The van der Waals surface area contributed by atoms with Crippen LogP contribution in [0.4, 0.5) is 0 Å². The van der Waals surface area contributed by atoms with Crippen LogP contribution < -0.4 is 10.0 Å². The Morgan fingerprint density at radius 1 is 1.24 bits per heavy atom. The number of sulfonamides is 1. The van der Waals surface area contributed by atoms with Crippen molar-refractivity contribution in [2.45, 2.75) is 37.0 Å². The topological polar surface area (TPSA) is 67.4 Å². The Balaban J connectivity index is 0.00000144. The van der Waals surface area contributed by atoms with Crippen LogP contribution in [0.5, 0.6) is 0 Å². The first-order chi connectivity index (χ1) is 7.68. The van der Waals surface area contributed by atoms with Gasteiger partial charge in [-0.1, -0.05) is 0 Å². The van der Waals surface area contributed by atoms with Gasteiger partial charge in [0.2, 0.25) is 10.0 Å². The minimum absolute atomic E-state index is 0. The number of hydrogen-bond acceptors (Lipinski definition) is 4. The van der Waals surface area contributed by atoms with E-state index in [1.54, 1.807) is 0 Å². The molecule has 2 fully saturated rings. The van der Waals surface area contributed by atoms with Crippen molar-refractivity contribution in [2.75, 3.05) is 26.3 Å². The molecule has 0 bridgehead atoms. The first kappa shape index (κ1) is 15.2. The fourth-order valence-electron chi connectivity index (χ4n) is 2.24. The number of hydrogen-bond donors (Lipinski definition) is 2. The van der Waals surface area contributed by atoms with Crippen molar-refractivity contribution < 1.29 is 13.2 Å². The standard InChI is InChI=1S/C10H20N2O3S.ClH/c13-16(14,10-4-2-6-15-8-10)12-9-3-1-5-11-7-9;/h9-12H,1-8H2;1H/t9-,10?;/m0./s1. The second-order valence-corrected chi connectivity index (χ2v) is 6.54. The second kappa shape index (κ2) is 6.89. The van der Waals surface area contributed by atoms with E-state index in [2.05, 4.69) is 10.0 Å². The van der Waals surface area contributed by atoms with Gasteiger partial charge in [0.1, 0.15) is 0 Å². The smallest absolute Gasteiger partial charge is 0.217 e. The third-order valence-electron chi connectivity index (χ3n) is 3.19. The van der Waals surface area contributed by atoms with E-state index in [0.29, 0.717) is 13.2 Å². The summed E-state index contributed by atoms with van der Waals surface area (Å²) in [4.78, 5) is 0. The zero-order valence-corrected chi connectivity index (χ0v) is 11.5. The van der Waals surface area contributed by atoms with Gasteiger partial charge in [0.05, 0.1) is 11.9 Å². The minimum atomic E-state index is -3.20. The van der Waals surface area contributed by atoms with Gasteiger partial charge in [-0.15, -0.1) is 12.4 Å². The summed E-state index contributed by atoms with van der Waals surface area (Å²) in [6, 6.07) is 0.0562. The van der Waals surface area contributed by atoms with Crippen LogP contribution in [0.3, 0.4) is 0 Å². The predicted molar refractivity (Wildman–Crippen MR) is 69.0 cm³/mol. The van der Waals surface area contributed by atoms with Crippen LogP contribution in [0.2, 0.25) is 0 Å². The van der Waals surface area contributed by atoms with Crippen molar-refractivity contribution in [1.29, 1.82) is 0 Å². The van der Waals surface area contributed by atoms with E-state index >= 15 is 0 Å². The Labute approximate surface area is 109 Å². The molecule has 2 rings (SSSR count). The molecule has 0 aromatic heterocycles. The normalized spacial score (nSPS) is 30.6. The van der Waals surface area contributed by atoms with Crippen LogP contribution in [-0.4, -0.2) is 46.0 Å². The zero-order valence-electron chi connectivity index (χ0n) is 9.85. The van der Waals surface area contributed by atoms with Gasteiger partial charge in [0.15, 0.2) is 0 Å². The fourth-order valence-corrected chi connectivity index (χ4v) is 3.85. The third kappa shape index (κ3) is 4.37. The molecule has 102 valence electrons. The molecule has 2 atom stereocenters. The molecular weight excluding hydrogens is 264 g/mol. The molecule has 2 saturated heterocycles. The molecule has 0 saturated carbocycles. The van der Waals surface area contributed by atoms with Gasteiger partial charge in [-0.3, -0.25) is 0 Å². The summed E-state index contributed by atoms with van der Waals surface area (Å²) in [6.45, 7) is 2.77. The zero-order chi connectivity index (χ0) is 11.4. The lowest BCUT2D eigenvalue weighted by molar-refractivity contribution is 0.0986. The van der Waals surface area contributed by atoms with Crippen LogP contribution in [0.1, 0.15) is 25.7 Å². The second-order valence-electron chi connectivity index (χ2n) is 4.55. The summed E-state index contributed by atoms with van der Waals surface area (Å²) >= 11 is 0. The number of piperidine rings is 1. The van der Waals surface area contributed by atoms with Gasteiger partial charge in [-0.05, 0) is 32.2 Å². The molecule has 17 heavy (non-hydrogen) atoms. The molecule has 0 aliphatic carbocycles. The SMILES string of the molecule is Cl.O=S(=O)(N[C@H]1CCCNC1)C1CCCOC1. The lowest BCUT2D eigenvalue weighted by Gasteiger charge is -2.28. The van der Waals surface area contributed by atoms with Crippen LogP contribution in [0.15, 0.2) is 0 Å². The molecule has 2 aliphatic heterocycles. The first-order valence-electron chi connectivity index (χ1n) is 5.98. The minimum Gasteiger partial charge on any atom is -0.380 e. The van der Waals surface area contributed by atoms with Crippen LogP contribution >= 0.6 is 12.4 Å². The molecule has 2 aliphatic rings. The summed E-state index contributed by atoms with van der Waals surface area (Å²) in [5.74, 6) is 0. The number of halogens is 1. The monoisotopic (exact) mass is 284 g/mol. The quantitative estimate of drug-likeness (QED) is 0.780. The fraction of sp³-hybridized carbons (Fsp3) is 1.00. The lowest BCUT2D eigenvalue weighted by Crippen LogP contribution is -2.49. The highest BCUT2D eigenvalue weighted by atomic mass is 35.5. The highest BCUT2D eigenvalue weighted by molar-refractivity contribution is 7.90. The van der Waals surface area contributed by atoms with Gasteiger partial charge in [-0.2, -0.15) is 0 Å². The maximum Gasteiger partial charge on any atom is 0.217 e. The van der Waals surface area contributed by atoms with E-state index < -0.39 is 10.0 Å². The van der Waals surface area contributed by atoms with Crippen LogP contribution in [0, 0.1) is 0 Å². The van der Waals surface area contributed by atoms with Gasteiger partial charge in [-0.25, -0.2) is 13.1 Å². The van der Waals surface area contributed by atoms with E-state index in [4.69, 9.17) is 4.74 Å². The molecular formula is C10H21ClN2O3S. The Morgan fingerprint density at radius 3 is 2.65 bits per heavy atom. The summed E-state index contributed by atoms with van der Waals surface area (Å²) in [6.07, 6.45) is 3.53. The molecule has 5 nitrogen and oxygen atoms in total. The largest absolute Gasteiger partial charge is 0.380 e. The molecule has 2 N–H and O–H groups in total. The van der Waals surface area contributed by atoms with Crippen molar-refractivity contribution in [1.82, 2.24) is 10.0 Å². The Morgan fingerprint density at radius 2 is 2.06 bits per heavy atom. The van der Waals surface area contributed by atoms with Crippen molar-refractivity contribution in [3.8, 4) is 0 Å². The number of ether oxygens (including phenoxy) is 1. The number of rotatable bonds is 3. The maximum atomic E-state index is 12.0. The van der Waals surface area contributed by atoms with Gasteiger partial charge < -0.3 is 10.1 Å². The molecule has 0 radical (unpaired) electrons. The lowest BCUT2D eigenvalue weighted by atomic mass is 10.1. The maximum absolute atomic E-state index is 12.0. The Kier molecular flexibility index (Phi) is 6.16. The van der Waals surface area contributed by atoms with Gasteiger partial charge >= 0.3 is 0 Å². The summed E-state index contributed by atoms with van der Waals surface area (Å²) < 4.78 is 32.1. The first-order valence-corrected chi connectivity index (χ1v) is 7.53. The van der Waals surface area contributed by atoms with E-state index in [1.807, 2.05) is 0 Å². The van der Waals surface area contributed by atoms with E-state index in [9.17, 15) is 8.42 Å². The van der Waals surface area contributed by atoms with Crippen molar-refractivity contribution in [3.63, 3.8) is 0 Å². The summed E-state index contributed by atoms with van der Waals surface area (Å²) in [5, 5.41) is 2.84. The van der Waals surface area contributed by atoms with Crippen LogP contribution in [-0.2, 0) is 14.8 Å². The molecule has 1 unspecified atom stereocenters.